The highest BCUT2D eigenvalue weighted by Crippen LogP contribution is 2.27. The van der Waals surface area contributed by atoms with Gasteiger partial charge in [-0.25, -0.2) is 0 Å². The first kappa shape index (κ1) is 14.7. The maximum absolute atomic E-state index is 12.5. The highest BCUT2D eigenvalue weighted by molar-refractivity contribution is 6.30. The zero-order chi connectivity index (χ0) is 14.8. The second-order valence-corrected chi connectivity index (χ2v) is 6.43. The van der Waals surface area contributed by atoms with Crippen molar-refractivity contribution in [1.29, 1.82) is 0 Å². The van der Waals surface area contributed by atoms with Gasteiger partial charge in [0.2, 0.25) is 5.91 Å². The molecule has 2 atom stereocenters. The Morgan fingerprint density at radius 3 is 2.33 bits per heavy atom. The van der Waals surface area contributed by atoms with Crippen LogP contribution >= 0.6 is 11.6 Å². The molecule has 1 amide bonds. The maximum Gasteiger partial charge on any atom is 0.227 e. The molecule has 2 unspecified atom stereocenters. The van der Waals surface area contributed by atoms with Gasteiger partial charge in [0.15, 0.2) is 0 Å². The van der Waals surface area contributed by atoms with Gasteiger partial charge >= 0.3 is 0 Å². The number of benzene rings is 1. The average molecular weight is 308 g/mol. The third-order valence-corrected chi connectivity index (χ3v) is 4.92. The van der Waals surface area contributed by atoms with Crippen molar-refractivity contribution in [3.05, 3.63) is 29.3 Å². The van der Waals surface area contributed by atoms with E-state index in [9.17, 15) is 4.79 Å². The lowest BCUT2D eigenvalue weighted by Gasteiger charge is -2.37. The average Bonchev–Trinajstić information content (AvgIpc) is 2.94. The largest absolute Gasteiger partial charge is 0.368 e. The van der Waals surface area contributed by atoms with Gasteiger partial charge < -0.3 is 15.5 Å². The van der Waals surface area contributed by atoms with Gasteiger partial charge in [0.1, 0.15) is 0 Å². The van der Waals surface area contributed by atoms with E-state index in [1.54, 1.807) is 0 Å². The van der Waals surface area contributed by atoms with Crippen molar-refractivity contribution >= 4 is 23.2 Å². The molecule has 0 radical (unpaired) electrons. The summed E-state index contributed by atoms with van der Waals surface area (Å²) in [5.41, 5.74) is 7.22. The van der Waals surface area contributed by atoms with Gasteiger partial charge in [-0.2, -0.15) is 0 Å². The van der Waals surface area contributed by atoms with Crippen molar-refractivity contribution in [2.24, 2.45) is 11.7 Å². The fraction of sp³-hybridized carbons (Fsp3) is 0.562. The Labute approximate surface area is 130 Å². The van der Waals surface area contributed by atoms with E-state index in [2.05, 4.69) is 4.90 Å². The first-order valence-corrected chi connectivity index (χ1v) is 8.08. The molecule has 1 aliphatic heterocycles. The summed E-state index contributed by atoms with van der Waals surface area (Å²) in [5.74, 6) is 0.308. The van der Waals surface area contributed by atoms with Gasteiger partial charge in [-0.1, -0.05) is 18.0 Å². The minimum atomic E-state index is 0.0482. The lowest BCUT2D eigenvalue weighted by atomic mass is 10.0. The van der Waals surface area contributed by atoms with Crippen LogP contribution < -0.4 is 10.6 Å². The normalized spacial score (nSPS) is 26.2. The van der Waals surface area contributed by atoms with Crippen molar-refractivity contribution in [1.82, 2.24) is 4.90 Å². The van der Waals surface area contributed by atoms with Crippen LogP contribution in [0, 0.1) is 5.92 Å². The maximum atomic E-state index is 12.5. The third kappa shape index (κ3) is 3.16. The predicted octanol–water partition coefficient (Wildman–Crippen LogP) is 2.12. The van der Waals surface area contributed by atoms with Gasteiger partial charge in [0, 0.05) is 42.9 Å². The molecule has 3 rings (SSSR count). The summed E-state index contributed by atoms with van der Waals surface area (Å²) in [6.45, 7) is 3.31. The van der Waals surface area contributed by atoms with Crippen LogP contribution in [0.25, 0.3) is 0 Å². The molecule has 1 aromatic carbocycles. The molecule has 1 heterocycles. The molecule has 2 N–H and O–H groups in total. The standard InChI is InChI=1S/C16H22ClN3O/c17-12-4-6-13(7-5-12)19-8-10-20(11-9-19)16(21)14-2-1-3-15(14)18/h4-7,14-15H,1-3,8-11,18H2. The number of nitrogens with two attached hydrogens (primary N) is 1. The highest BCUT2D eigenvalue weighted by atomic mass is 35.5. The second kappa shape index (κ2) is 6.24. The minimum absolute atomic E-state index is 0.0482. The third-order valence-electron chi connectivity index (χ3n) is 4.67. The minimum Gasteiger partial charge on any atom is -0.368 e. The molecule has 1 aliphatic carbocycles. The van der Waals surface area contributed by atoms with Gasteiger partial charge in [-0.15, -0.1) is 0 Å². The number of amides is 1. The first-order chi connectivity index (χ1) is 10.1. The summed E-state index contributed by atoms with van der Waals surface area (Å²) in [6, 6.07) is 7.95. The number of hydrogen-bond donors (Lipinski definition) is 1. The van der Waals surface area contributed by atoms with Crippen LogP contribution in [0.4, 0.5) is 5.69 Å². The molecule has 114 valence electrons. The van der Waals surface area contributed by atoms with Crippen molar-refractivity contribution in [2.75, 3.05) is 31.1 Å². The van der Waals surface area contributed by atoms with Gasteiger partial charge in [-0.05, 0) is 37.1 Å². The predicted molar refractivity (Wildman–Crippen MR) is 85.6 cm³/mol. The van der Waals surface area contributed by atoms with E-state index in [0.717, 1.165) is 50.5 Å². The number of carbonyl (C=O) groups excluding carboxylic acids is 1. The Kier molecular flexibility index (Phi) is 4.36. The van der Waals surface area contributed by atoms with E-state index >= 15 is 0 Å². The molecule has 0 aromatic heterocycles. The van der Waals surface area contributed by atoms with Crippen molar-refractivity contribution in [2.45, 2.75) is 25.3 Å². The number of halogens is 1. The van der Waals surface area contributed by atoms with E-state index in [4.69, 9.17) is 17.3 Å². The summed E-state index contributed by atoms with van der Waals surface area (Å²) >= 11 is 5.92. The molecule has 21 heavy (non-hydrogen) atoms. The fourth-order valence-corrected chi connectivity index (χ4v) is 3.49. The molecular formula is C16H22ClN3O. The van der Waals surface area contributed by atoms with E-state index in [1.807, 2.05) is 29.2 Å². The Hall–Kier alpha value is -1.26. The van der Waals surface area contributed by atoms with E-state index in [1.165, 1.54) is 5.69 Å². The molecule has 4 nitrogen and oxygen atoms in total. The van der Waals surface area contributed by atoms with E-state index < -0.39 is 0 Å². The zero-order valence-electron chi connectivity index (χ0n) is 12.2. The quantitative estimate of drug-likeness (QED) is 0.910. The fourth-order valence-electron chi connectivity index (χ4n) is 3.37. The second-order valence-electron chi connectivity index (χ2n) is 5.99. The lowest BCUT2D eigenvalue weighted by Crippen LogP contribution is -2.52. The summed E-state index contributed by atoms with van der Waals surface area (Å²) < 4.78 is 0. The Morgan fingerprint density at radius 2 is 1.76 bits per heavy atom. The number of anilines is 1. The Bertz CT molecular complexity index is 497. The van der Waals surface area contributed by atoms with E-state index in [-0.39, 0.29) is 17.9 Å². The first-order valence-electron chi connectivity index (χ1n) is 7.70. The van der Waals surface area contributed by atoms with Crippen molar-refractivity contribution < 1.29 is 4.79 Å². The van der Waals surface area contributed by atoms with Crippen LogP contribution in [0.2, 0.25) is 5.02 Å². The van der Waals surface area contributed by atoms with Crippen LogP contribution in [0.3, 0.4) is 0 Å². The molecule has 1 saturated carbocycles. The molecule has 0 bridgehead atoms. The van der Waals surface area contributed by atoms with E-state index in [0.29, 0.717) is 0 Å². The topological polar surface area (TPSA) is 49.6 Å². The van der Waals surface area contributed by atoms with Crippen molar-refractivity contribution in [3.8, 4) is 0 Å². The molecule has 0 spiro atoms. The summed E-state index contributed by atoms with van der Waals surface area (Å²) in [5, 5.41) is 0.753. The SMILES string of the molecule is NC1CCCC1C(=O)N1CCN(c2ccc(Cl)cc2)CC1. The molecule has 2 aliphatic rings. The lowest BCUT2D eigenvalue weighted by molar-refractivity contribution is -0.136. The monoisotopic (exact) mass is 307 g/mol. The molecular weight excluding hydrogens is 286 g/mol. The van der Waals surface area contributed by atoms with Crippen molar-refractivity contribution in [3.63, 3.8) is 0 Å². The number of nitrogens with zero attached hydrogens (tertiary/aromatic N) is 2. The summed E-state index contributed by atoms with van der Waals surface area (Å²) in [6.07, 6.45) is 3.03. The van der Waals surface area contributed by atoms with Gasteiger partial charge in [0.05, 0.1) is 5.92 Å². The van der Waals surface area contributed by atoms with Gasteiger partial charge in [0.25, 0.3) is 0 Å². The molecule has 2 fully saturated rings. The number of carbonyl (C=O) groups is 1. The van der Waals surface area contributed by atoms with Crippen LogP contribution in [0.15, 0.2) is 24.3 Å². The Morgan fingerprint density at radius 1 is 1.10 bits per heavy atom. The summed E-state index contributed by atoms with van der Waals surface area (Å²) in [4.78, 5) is 16.8. The van der Waals surface area contributed by atoms with Gasteiger partial charge in [-0.3, -0.25) is 4.79 Å². The smallest absolute Gasteiger partial charge is 0.227 e. The van der Waals surface area contributed by atoms with Crippen LogP contribution in [-0.4, -0.2) is 43.0 Å². The van der Waals surface area contributed by atoms with Crippen LogP contribution in [0.1, 0.15) is 19.3 Å². The summed E-state index contributed by atoms with van der Waals surface area (Å²) in [7, 11) is 0. The molecule has 1 aromatic rings. The number of rotatable bonds is 2. The van der Waals surface area contributed by atoms with Crippen LogP contribution in [-0.2, 0) is 4.79 Å². The molecule has 5 heteroatoms. The molecule has 1 saturated heterocycles. The Balaban J connectivity index is 1.57. The van der Waals surface area contributed by atoms with Crippen LogP contribution in [0.5, 0.6) is 0 Å². The number of hydrogen-bond acceptors (Lipinski definition) is 3. The highest BCUT2D eigenvalue weighted by Gasteiger charge is 2.34. The zero-order valence-corrected chi connectivity index (χ0v) is 12.9. The number of piperazine rings is 1.